The van der Waals surface area contributed by atoms with Crippen molar-refractivity contribution in [3.8, 4) is 5.69 Å². The van der Waals surface area contributed by atoms with Crippen molar-refractivity contribution in [2.24, 2.45) is 5.92 Å². The van der Waals surface area contributed by atoms with Gasteiger partial charge in [-0.3, -0.25) is 9.69 Å². The molecule has 2 heterocycles. The summed E-state index contributed by atoms with van der Waals surface area (Å²) in [5.41, 5.74) is 2.40. The van der Waals surface area contributed by atoms with Gasteiger partial charge in [-0.25, -0.2) is 4.68 Å². The highest BCUT2D eigenvalue weighted by atomic mass is 35.5. The van der Waals surface area contributed by atoms with Crippen LogP contribution in [-0.2, 0) is 0 Å². The molecule has 1 aliphatic heterocycles. The fourth-order valence-corrected chi connectivity index (χ4v) is 3.64. The number of carbonyl (C=O) groups excluding carboxylic acids is 1. The van der Waals surface area contributed by atoms with E-state index >= 15 is 0 Å². The summed E-state index contributed by atoms with van der Waals surface area (Å²) in [5.74, 6) is 0.984. The monoisotopic (exact) mass is 358 g/mol. The van der Waals surface area contributed by atoms with Crippen molar-refractivity contribution in [3.05, 3.63) is 46.7 Å². The minimum atomic E-state index is 0.0804. The molecule has 2 aromatic rings. The average molecular weight is 359 g/mol. The number of rotatable bonds is 4. The van der Waals surface area contributed by atoms with E-state index in [0.29, 0.717) is 10.6 Å². The molecule has 0 spiro atoms. The fraction of sp³-hybridized carbons (Fsp3) is 0.474. The molecule has 1 saturated heterocycles. The summed E-state index contributed by atoms with van der Waals surface area (Å²) < 4.78 is 1.78. The van der Waals surface area contributed by atoms with Gasteiger partial charge < -0.3 is 4.90 Å². The number of hydrogen-bond acceptors (Lipinski definition) is 3. The quantitative estimate of drug-likeness (QED) is 0.843. The third-order valence-corrected chi connectivity index (χ3v) is 5.40. The Morgan fingerprint density at radius 2 is 2.00 bits per heavy atom. The van der Waals surface area contributed by atoms with Crippen LogP contribution >= 0.6 is 11.6 Å². The maximum Gasteiger partial charge on any atom is 0.257 e. The number of hydrogen-bond donors (Lipinski definition) is 0. The molecule has 2 fully saturated rings. The summed E-state index contributed by atoms with van der Waals surface area (Å²) in [5, 5.41) is 5.07. The number of nitrogens with zero attached hydrogens (tertiary/aromatic N) is 4. The zero-order valence-corrected chi connectivity index (χ0v) is 15.2. The van der Waals surface area contributed by atoms with Gasteiger partial charge in [-0.1, -0.05) is 17.7 Å². The lowest BCUT2D eigenvalue weighted by Crippen LogP contribution is -2.49. The van der Waals surface area contributed by atoms with Crippen LogP contribution in [0.25, 0.3) is 5.69 Å². The fourth-order valence-electron chi connectivity index (χ4n) is 3.46. The Kier molecular flexibility index (Phi) is 4.52. The highest BCUT2D eigenvalue weighted by Gasteiger charge is 2.29. The van der Waals surface area contributed by atoms with Gasteiger partial charge in [0.2, 0.25) is 0 Å². The summed E-state index contributed by atoms with van der Waals surface area (Å²) in [6.45, 7) is 6.69. The normalized spacial score (nSPS) is 18.6. The van der Waals surface area contributed by atoms with Crippen LogP contribution in [0.15, 0.2) is 30.5 Å². The van der Waals surface area contributed by atoms with Crippen molar-refractivity contribution in [1.82, 2.24) is 19.6 Å². The van der Waals surface area contributed by atoms with E-state index < -0.39 is 0 Å². The van der Waals surface area contributed by atoms with Crippen LogP contribution in [-0.4, -0.2) is 58.2 Å². The molecule has 25 heavy (non-hydrogen) atoms. The van der Waals surface area contributed by atoms with E-state index in [2.05, 4.69) is 10.00 Å². The molecule has 1 aromatic carbocycles. The Morgan fingerprint density at radius 1 is 1.24 bits per heavy atom. The van der Waals surface area contributed by atoms with Gasteiger partial charge >= 0.3 is 0 Å². The topological polar surface area (TPSA) is 41.4 Å². The maximum absolute atomic E-state index is 12.9. The van der Waals surface area contributed by atoms with Crippen LogP contribution in [0.1, 0.15) is 28.9 Å². The van der Waals surface area contributed by atoms with Crippen LogP contribution in [0, 0.1) is 12.8 Å². The molecule has 0 unspecified atom stereocenters. The molecule has 4 rings (SSSR count). The van der Waals surface area contributed by atoms with E-state index in [-0.39, 0.29) is 5.91 Å². The first-order valence-electron chi connectivity index (χ1n) is 8.94. The van der Waals surface area contributed by atoms with Gasteiger partial charge in [0.25, 0.3) is 5.91 Å². The van der Waals surface area contributed by atoms with Crippen molar-refractivity contribution < 1.29 is 4.79 Å². The van der Waals surface area contributed by atoms with Gasteiger partial charge in [0.05, 0.1) is 23.1 Å². The third kappa shape index (κ3) is 3.58. The SMILES string of the molecule is Cc1c(C(=O)N2CCN(CC3CC3)CC2)cnn1-c1cccc(Cl)c1. The van der Waals surface area contributed by atoms with Crippen LogP contribution in [0.5, 0.6) is 0 Å². The first-order chi connectivity index (χ1) is 12.1. The second kappa shape index (κ2) is 6.81. The molecular formula is C19H23ClN4O. The minimum absolute atomic E-state index is 0.0804. The lowest BCUT2D eigenvalue weighted by molar-refractivity contribution is 0.0631. The molecule has 0 bridgehead atoms. The Morgan fingerprint density at radius 3 is 2.68 bits per heavy atom. The Hall–Kier alpha value is -1.85. The van der Waals surface area contributed by atoms with E-state index in [1.165, 1.54) is 19.4 Å². The number of benzene rings is 1. The highest BCUT2D eigenvalue weighted by molar-refractivity contribution is 6.30. The molecule has 6 heteroatoms. The second-order valence-electron chi connectivity index (χ2n) is 7.07. The zero-order chi connectivity index (χ0) is 17.4. The van der Waals surface area contributed by atoms with Crippen molar-refractivity contribution in [2.75, 3.05) is 32.7 Å². The molecule has 1 saturated carbocycles. The lowest BCUT2D eigenvalue weighted by atomic mass is 10.2. The van der Waals surface area contributed by atoms with Gasteiger partial charge in [0.1, 0.15) is 0 Å². The van der Waals surface area contributed by atoms with Crippen molar-refractivity contribution in [1.29, 1.82) is 0 Å². The van der Waals surface area contributed by atoms with Gasteiger partial charge in [-0.05, 0) is 43.9 Å². The van der Waals surface area contributed by atoms with Crippen LogP contribution in [0.2, 0.25) is 5.02 Å². The number of amides is 1. The Balaban J connectivity index is 1.46. The van der Waals surface area contributed by atoms with Crippen LogP contribution < -0.4 is 0 Å². The molecule has 0 radical (unpaired) electrons. The molecule has 5 nitrogen and oxygen atoms in total. The first-order valence-corrected chi connectivity index (χ1v) is 9.32. The van der Waals surface area contributed by atoms with E-state index in [1.807, 2.05) is 36.1 Å². The summed E-state index contributed by atoms with van der Waals surface area (Å²) in [4.78, 5) is 17.3. The first kappa shape index (κ1) is 16.6. The summed E-state index contributed by atoms with van der Waals surface area (Å²) in [6.07, 6.45) is 4.43. The number of piperazine rings is 1. The number of aromatic nitrogens is 2. The lowest BCUT2D eigenvalue weighted by Gasteiger charge is -2.34. The maximum atomic E-state index is 12.9. The number of carbonyl (C=O) groups is 1. The summed E-state index contributed by atoms with van der Waals surface area (Å²) in [7, 11) is 0. The van der Waals surface area contributed by atoms with Gasteiger partial charge in [0.15, 0.2) is 0 Å². The van der Waals surface area contributed by atoms with E-state index in [4.69, 9.17) is 11.6 Å². The molecule has 0 atom stereocenters. The van der Waals surface area contributed by atoms with Gasteiger partial charge in [-0.15, -0.1) is 0 Å². The van der Waals surface area contributed by atoms with Gasteiger partial charge in [0, 0.05) is 37.7 Å². The Bertz CT molecular complexity index is 775. The standard InChI is InChI=1S/C19H23ClN4O/c1-14-18(12-21-24(14)17-4-2-3-16(20)11-17)19(25)23-9-7-22(8-10-23)13-15-5-6-15/h2-4,11-12,15H,5-10,13H2,1H3. The van der Waals surface area contributed by atoms with E-state index in [9.17, 15) is 4.79 Å². The predicted molar refractivity (Wildman–Crippen MR) is 98.4 cm³/mol. The third-order valence-electron chi connectivity index (χ3n) is 5.17. The molecular weight excluding hydrogens is 336 g/mol. The van der Waals surface area contributed by atoms with Gasteiger partial charge in [-0.2, -0.15) is 5.10 Å². The van der Waals surface area contributed by atoms with Crippen molar-refractivity contribution >= 4 is 17.5 Å². The van der Waals surface area contributed by atoms with Crippen molar-refractivity contribution in [2.45, 2.75) is 19.8 Å². The Labute approximate surface area is 153 Å². The summed E-state index contributed by atoms with van der Waals surface area (Å²) >= 11 is 6.07. The smallest absolute Gasteiger partial charge is 0.257 e. The number of halogens is 1. The van der Waals surface area contributed by atoms with E-state index in [0.717, 1.165) is 43.5 Å². The van der Waals surface area contributed by atoms with Crippen molar-refractivity contribution in [3.63, 3.8) is 0 Å². The molecule has 132 valence electrons. The largest absolute Gasteiger partial charge is 0.336 e. The second-order valence-corrected chi connectivity index (χ2v) is 7.51. The predicted octanol–water partition coefficient (Wildman–Crippen LogP) is 3.00. The minimum Gasteiger partial charge on any atom is -0.336 e. The van der Waals surface area contributed by atoms with Crippen LogP contribution in [0.4, 0.5) is 0 Å². The van der Waals surface area contributed by atoms with E-state index in [1.54, 1.807) is 10.9 Å². The van der Waals surface area contributed by atoms with Crippen LogP contribution in [0.3, 0.4) is 0 Å². The molecule has 1 aliphatic carbocycles. The highest BCUT2D eigenvalue weighted by Crippen LogP contribution is 2.30. The molecule has 0 N–H and O–H groups in total. The summed E-state index contributed by atoms with van der Waals surface area (Å²) in [6, 6.07) is 7.51. The molecule has 1 amide bonds. The molecule has 1 aromatic heterocycles. The molecule has 2 aliphatic rings. The average Bonchev–Trinajstić information content (AvgIpc) is 3.34. The zero-order valence-electron chi connectivity index (χ0n) is 14.5.